The van der Waals surface area contributed by atoms with Gasteiger partial charge in [0.05, 0.1) is 0 Å². The van der Waals surface area contributed by atoms with Crippen molar-refractivity contribution < 1.29 is 0 Å². The van der Waals surface area contributed by atoms with Gasteiger partial charge in [-0.05, 0) is 12.1 Å². The highest BCUT2D eigenvalue weighted by atomic mass is 79.9. The molecule has 14 heavy (non-hydrogen) atoms. The van der Waals surface area contributed by atoms with E-state index in [4.69, 9.17) is 0 Å². The third-order valence-electron chi connectivity index (χ3n) is 2.12. The van der Waals surface area contributed by atoms with Gasteiger partial charge >= 0.3 is 0 Å². The minimum atomic E-state index is 0.233. The number of rotatable bonds is 9. The molecule has 86 valence electrons. The summed E-state index contributed by atoms with van der Waals surface area (Å²) in [7, 11) is 0.465. The summed E-state index contributed by atoms with van der Waals surface area (Å²) in [5.41, 5.74) is 0. The molecule has 0 amide bonds. The largest absolute Gasteiger partial charge is 0.0916 e. The molecule has 0 saturated heterocycles. The van der Waals surface area contributed by atoms with Crippen molar-refractivity contribution in [3.63, 3.8) is 0 Å². The van der Waals surface area contributed by atoms with Gasteiger partial charge in [0, 0.05) is 39.4 Å². The normalized spacial score (nSPS) is 17.1. The Morgan fingerprint density at radius 2 is 1.14 bits per heavy atom. The molecular formula is C8H18Br4Si2. The summed E-state index contributed by atoms with van der Waals surface area (Å²) in [6, 6.07) is 6.05. The molecule has 0 aliphatic heterocycles. The third kappa shape index (κ3) is 10.9. The maximum atomic E-state index is 3.67. The van der Waals surface area contributed by atoms with Crippen LogP contribution in [-0.4, -0.2) is 39.4 Å². The smallest absolute Gasteiger partial charge is 0.0214 e. The van der Waals surface area contributed by atoms with Crippen LogP contribution in [0.2, 0.25) is 24.2 Å². The van der Waals surface area contributed by atoms with Gasteiger partial charge < -0.3 is 0 Å². The van der Waals surface area contributed by atoms with E-state index in [0.717, 1.165) is 20.3 Å². The highest BCUT2D eigenvalue weighted by Crippen LogP contribution is 2.12. The van der Waals surface area contributed by atoms with E-state index < -0.39 is 0 Å². The Labute approximate surface area is 126 Å². The van der Waals surface area contributed by atoms with E-state index in [-0.39, 0.29) is 19.0 Å². The fraction of sp³-hybridized carbons (Fsp3) is 1.00. The van der Waals surface area contributed by atoms with E-state index in [1.807, 2.05) is 0 Å². The van der Waals surface area contributed by atoms with Gasteiger partial charge in [0.1, 0.15) is 0 Å². The molecule has 6 heteroatoms. The molecule has 0 aliphatic rings. The molecule has 0 aromatic rings. The molecule has 0 aromatic carbocycles. The second kappa shape index (κ2) is 11.8. The molecule has 0 rings (SSSR count). The Balaban J connectivity index is 3.06. The van der Waals surface area contributed by atoms with Crippen molar-refractivity contribution in [3.8, 4) is 0 Å². The van der Waals surface area contributed by atoms with Gasteiger partial charge in [-0.15, -0.1) is 0 Å². The number of alkyl halides is 4. The predicted octanol–water partition coefficient (Wildman–Crippen LogP) is 3.31. The summed E-state index contributed by atoms with van der Waals surface area (Å²) in [5.74, 6) is 0. The van der Waals surface area contributed by atoms with Gasteiger partial charge in [-0.2, -0.15) is 0 Å². The molecule has 0 bridgehead atoms. The maximum absolute atomic E-state index is 3.67. The van der Waals surface area contributed by atoms with E-state index in [1.165, 1.54) is 12.1 Å². The molecule has 0 aromatic heterocycles. The average Bonchev–Trinajstić information content (AvgIpc) is 2.22. The minimum absolute atomic E-state index is 0.233. The molecule has 0 aliphatic carbocycles. The summed E-state index contributed by atoms with van der Waals surface area (Å²) < 4.78 is 0. The predicted molar refractivity (Wildman–Crippen MR) is 89.3 cm³/mol. The lowest BCUT2D eigenvalue weighted by molar-refractivity contribution is 1.12. The van der Waals surface area contributed by atoms with Crippen LogP contribution in [0.15, 0.2) is 0 Å². The molecule has 0 saturated carbocycles. The second-order valence-corrected chi connectivity index (χ2v) is 11.4. The Bertz CT molecular complexity index is 112. The molecule has 0 radical (unpaired) electrons. The SMILES string of the molecule is BrCC(Br)C[SiH2]CC[SiH2]CC(Br)CBr. The van der Waals surface area contributed by atoms with Crippen molar-refractivity contribution >= 4 is 82.8 Å². The van der Waals surface area contributed by atoms with E-state index in [1.54, 1.807) is 12.1 Å². The number of hydrogen-bond donors (Lipinski definition) is 0. The molecule has 0 spiro atoms. The first kappa shape index (κ1) is 16.4. The zero-order valence-corrected chi connectivity index (χ0v) is 17.5. The Morgan fingerprint density at radius 3 is 1.43 bits per heavy atom. The van der Waals surface area contributed by atoms with Crippen molar-refractivity contribution in [2.45, 2.75) is 33.8 Å². The van der Waals surface area contributed by atoms with Gasteiger partial charge in [-0.3, -0.25) is 0 Å². The minimum Gasteiger partial charge on any atom is -0.0916 e. The zero-order valence-electron chi connectivity index (χ0n) is 8.32. The fourth-order valence-corrected chi connectivity index (χ4v) is 9.72. The van der Waals surface area contributed by atoms with Crippen LogP contribution in [0.1, 0.15) is 0 Å². The molecule has 2 atom stereocenters. The molecule has 0 fully saturated rings. The lowest BCUT2D eigenvalue weighted by atomic mass is 10.6. The molecule has 0 N–H and O–H groups in total. The van der Waals surface area contributed by atoms with Crippen LogP contribution < -0.4 is 0 Å². The average molecular weight is 490 g/mol. The first-order chi connectivity index (χ1) is 6.70. The highest BCUT2D eigenvalue weighted by molar-refractivity contribution is 9.12. The molecular weight excluding hydrogens is 472 g/mol. The zero-order chi connectivity index (χ0) is 10.8. The summed E-state index contributed by atoms with van der Waals surface area (Å²) in [5, 5.41) is 2.23. The topological polar surface area (TPSA) is 0 Å². The number of hydrogen-bond acceptors (Lipinski definition) is 0. The van der Waals surface area contributed by atoms with Gasteiger partial charge in [-0.25, -0.2) is 0 Å². The van der Waals surface area contributed by atoms with Gasteiger partial charge in [0.15, 0.2) is 0 Å². The molecule has 2 unspecified atom stereocenters. The van der Waals surface area contributed by atoms with Crippen LogP contribution in [0.3, 0.4) is 0 Å². The summed E-state index contributed by atoms with van der Waals surface area (Å²) in [6.45, 7) is 0. The van der Waals surface area contributed by atoms with E-state index in [2.05, 4.69) is 63.7 Å². The first-order valence-corrected chi connectivity index (χ1v) is 13.2. The van der Waals surface area contributed by atoms with Crippen LogP contribution in [-0.2, 0) is 0 Å². The summed E-state index contributed by atoms with van der Waals surface area (Å²) in [4.78, 5) is 1.48. The molecule has 0 heterocycles. The lowest BCUT2D eigenvalue weighted by Gasteiger charge is -2.06. The third-order valence-corrected chi connectivity index (χ3v) is 13.9. The summed E-state index contributed by atoms with van der Waals surface area (Å²) >= 11 is 14.3. The van der Waals surface area contributed by atoms with Gasteiger partial charge in [0.2, 0.25) is 0 Å². The Kier molecular flexibility index (Phi) is 13.8. The van der Waals surface area contributed by atoms with Crippen LogP contribution >= 0.6 is 63.7 Å². The van der Waals surface area contributed by atoms with E-state index >= 15 is 0 Å². The highest BCUT2D eigenvalue weighted by Gasteiger charge is 2.03. The van der Waals surface area contributed by atoms with E-state index in [9.17, 15) is 0 Å². The van der Waals surface area contributed by atoms with Crippen molar-refractivity contribution in [1.29, 1.82) is 0 Å². The van der Waals surface area contributed by atoms with Crippen molar-refractivity contribution in [2.75, 3.05) is 10.7 Å². The monoisotopic (exact) mass is 486 g/mol. The Hall–Kier alpha value is 2.35. The quantitative estimate of drug-likeness (QED) is 0.265. The fourth-order valence-electron chi connectivity index (χ4n) is 1.24. The van der Waals surface area contributed by atoms with Crippen molar-refractivity contribution in [3.05, 3.63) is 0 Å². The van der Waals surface area contributed by atoms with Gasteiger partial charge in [-0.1, -0.05) is 75.8 Å². The second-order valence-electron chi connectivity index (χ2n) is 3.49. The van der Waals surface area contributed by atoms with Crippen LogP contribution in [0.4, 0.5) is 0 Å². The van der Waals surface area contributed by atoms with Crippen molar-refractivity contribution in [1.82, 2.24) is 0 Å². The standard InChI is InChI=1S/C8H18Br4Si2/c9-3-7(11)5-13-1-2-14-6-8(12)4-10/h7-8H,1-6,13-14H2. The van der Waals surface area contributed by atoms with Gasteiger partial charge in [0.25, 0.3) is 0 Å². The lowest BCUT2D eigenvalue weighted by Crippen LogP contribution is -2.06. The van der Waals surface area contributed by atoms with Crippen LogP contribution in [0, 0.1) is 0 Å². The van der Waals surface area contributed by atoms with Crippen LogP contribution in [0.25, 0.3) is 0 Å². The van der Waals surface area contributed by atoms with Crippen molar-refractivity contribution in [2.24, 2.45) is 0 Å². The number of halogens is 4. The summed E-state index contributed by atoms with van der Waals surface area (Å²) in [6.07, 6.45) is 0. The Morgan fingerprint density at radius 1 is 0.786 bits per heavy atom. The van der Waals surface area contributed by atoms with Crippen LogP contribution in [0.5, 0.6) is 0 Å². The molecule has 0 nitrogen and oxygen atoms in total. The van der Waals surface area contributed by atoms with E-state index in [0.29, 0.717) is 0 Å². The maximum Gasteiger partial charge on any atom is 0.0214 e. The first-order valence-electron chi connectivity index (χ1n) is 5.10.